The minimum Gasteiger partial charge on any atom is -0.356 e. The van der Waals surface area contributed by atoms with Gasteiger partial charge in [0.15, 0.2) is 15.8 Å². The number of aromatic nitrogens is 1. The quantitative estimate of drug-likeness (QED) is 0.485. The number of nitrogens with zero attached hydrogens (tertiary/aromatic N) is 3. The zero-order valence-electron chi connectivity index (χ0n) is 15.0. The Morgan fingerprint density at radius 2 is 2.21 bits per heavy atom. The maximum absolute atomic E-state index is 12.1. The van der Waals surface area contributed by atoms with Gasteiger partial charge in [0.1, 0.15) is 0 Å². The van der Waals surface area contributed by atoms with Crippen molar-refractivity contribution in [2.75, 3.05) is 32.4 Å². The molecule has 1 N–H and O–H groups in total. The molecule has 0 radical (unpaired) electrons. The fraction of sp³-hybridized carbons (Fsp3) is 0.750. The first kappa shape index (κ1) is 19.2. The second-order valence-electron chi connectivity index (χ2n) is 6.81. The second kappa shape index (κ2) is 7.82. The minimum atomic E-state index is -3.02. The number of rotatable bonds is 5. The smallest absolute Gasteiger partial charge is 0.193 e. The van der Waals surface area contributed by atoms with E-state index < -0.39 is 14.6 Å². The molecule has 1 saturated heterocycles. The van der Waals surface area contributed by atoms with Crippen LogP contribution >= 0.6 is 11.3 Å². The summed E-state index contributed by atoms with van der Waals surface area (Å²) in [6, 6.07) is 0. The molecule has 1 aromatic rings. The minimum absolute atomic E-state index is 0.185. The Morgan fingerprint density at radius 1 is 1.46 bits per heavy atom. The summed E-state index contributed by atoms with van der Waals surface area (Å²) in [5.41, 5.74) is 1.09. The number of sulfone groups is 1. The van der Waals surface area contributed by atoms with E-state index in [4.69, 9.17) is 0 Å². The van der Waals surface area contributed by atoms with Gasteiger partial charge in [-0.2, -0.15) is 0 Å². The van der Waals surface area contributed by atoms with Gasteiger partial charge in [0.25, 0.3) is 0 Å². The molecule has 0 aliphatic carbocycles. The van der Waals surface area contributed by atoms with Crippen LogP contribution in [-0.2, 0) is 16.3 Å². The maximum atomic E-state index is 12.1. The summed E-state index contributed by atoms with van der Waals surface area (Å²) in [7, 11) is -1.28. The fourth-order valence-electron chi connectivity index (χ4n) is 2.78. The summed E-state index contributed by atoms with van der Waals surface area (Å²) in [6.45, 7) is 7.42. The van der Waals surface area contributed by atoms with Crippen LogP contribution in [0.25, 0.3) is 0 Å². The van der Waals surface area contributed by atoms with Crippen LogP contribution in [-0.4, -0.2) is 61.4 Å². The third kappa shape index (κ3) is 4.69. The number of thiazole rings is 1. The molecule has 2 rings (SSSR count). The van der Waals surface area contributed by atoms with Crippen LogP contribution in [0.2, 0.25) is 0 Å². The van der Waals surface area contributed by atoms with Gasteiger partial charge in [-0.1, -0.05) is 0 Å². The zero-order chi connectivity index (χ0) is 17.8. The van der Waals surface area contributed by atoms with Crippen molar-refractivity contribution >= 4 is 27.1 Å². The Hall–Kier alpha value is -1.15. The van der Waals surface area contributed by atoms with Crippen molar-refractivity contribution in [3.63, 3.8) is 0 Å². The number of unbranched alkanes of at least 4 members (excludes halogenated alkanes) is 1. The van der Waals surface area contributed by atoms with Crippen molar-refractivity contribution < 1.29 is 8.42 Å². The summed E-state index contributed by atoms with van der Waals surface area (Å²) in [6.07, 6.45) is 3.12. The SMILES string of the molecule is CN=C(NCCCCc1nc(C)cs1)N1CCS(=O)(=O)C(C)(C)C1. The Kier molecular flexibility index (Phi) is 6.25. The second-order valence-corrected chi connectivity index (χ2v) is 10.5. The molecule has 6 nitrogen and oxygen atoms in total. The molecule has 8 heteroatoms. The summed E-state index contributed by atoms with van der Waals surface area (Å²) < 4.78 is 23.5. The van der Waals surface area contributed by atoms with Gasteiger partial charge in [0.2, 0.25) is 0 Å². The molecule has 0 bridgehead atoms. The summed E-state index contributed by atoms with van der Waals surface area (Å²) >= 11 is 1.72. The average Bonchev–Trinajstić information content (AvgIpc) is 2.91. The van der Waals surface area contributed by atoms with E-state index in [0.717, 1.165) is 37.5 Å². The topological polar surface area (TPSA) is 74.7 Å². The summed E-state index contributed by atoms with van der Waals surface area (Å²) in [4.78, 5) is 10.8. The molecule has 1 aromatic heterocycles. The van der Waals surface area contributed by atoms with Crippen LogP contribution in [0.3, 0.4) is 0 Å². The molecule has 136 valence electrons. The van der Waals surface area contributed by atoms with E-state index in [1.54, 1.807) is 32.2 Å². The summed E-state index contributed by atoms with van der Waals surface area (Å²) in [5, 5.41) is 6.64. The molecule has 1 fully saturated rings. The van der Waals surface area contributed by atoms with Crippen molar-refractivity contribution in [1.29, 1.82) is 0 Å². The third-order valence-electron chi connectivity index (χ3n) is 4.32. The maximum Gasteiger partial charge on any atom is 0.193 e. The van der Waals surface area contributed by atoms with Crippen molar-refractivity contribution in [2.45, 2.75) is 44.8 Å². The van der Waals surface area contributed by atoms with E-state index in [9.17, 15) is 8.42 Å². The van der Waals surface area contributed by atoms with Crippen molar-refractivity contribution in [3.05, 3.63) is 16.1 Å². The number of nitrogens with one attached hydrogen (secondary N) is 1. The molecule has 0 saturated carbocycles. The Bertz CT molecular complexity index is 680. The van der Waals surface area contributed by atoms with Gasteiger partial charge in [-0.25, -0.2) is 13.4 Å². The molecular formula is C16H28N4O2S2. The predicted molar refractivity (Wildman–Crippen MR) is 101 cm³/mol. The standard InChI is InChI=1S/C16H28N4O2S2/c1-13-11-23-14(19-13)7-5-6-8-18-15(17-4)20-9-10-24(21,22)16(2,3)12-20/h11H,5-10,12H2,1-4H3,(H,17,18). The molecule has 0 atom stereocenters. The van der Waals surface area contributed by atoms with Gasteiger partial charge in [0, 0.05) is 37.8 Å². The lowest BCUT2D eigenvalue weighted by atomic mass is 10.2. The highest BCUT2D eigenvalue weighted by molar-refractivity contribution is 7.92. The van der Waals surface area contributed by atoms with Crippen LogP contribution in [0.5, 0.6) is 0 Å². The Morgan fingerprint density at radius 3 is 2.79 bits per heavy atom. The van der Waals surface area contributed by atoms with Crippen LogP contribution in [0, 0.1) is 6.92 Å². The summed E-state index contributed by atoms with van der Waals surface area (Å²) in [5.74, 6) is 0.979. The van der Waals surface area contributed by atoms with E-state index in [2.05, 4.69) is 20.7 Å². The van der Waals surface area contributed by atoms with Gasteiger partial charge in [-0.05, 0) is 40.0 Å². The lowest BCUT2D eigenvalue weighted by Gasteiger charge is -2.39. The number of aryl methyl sites for hydroxylation is 2. The molecule has 0 unspecified atom stereocenters. The zero-order valence-corrected chi connectivity index (χ0v) is 16.6. The van der Waals surface area contributed by atoms with Gasteiger partial charge in [-0.3, -0.25) is 4.99 Å². The van der Waals surface area contributed by atoms with Crippen molar-refractivity contribution in [1.82, 2.24) is 15.2 Å². The predicted octanol–water partition coefficient (Wildman–Crippen LogP) is 1.86. The van der Waals surface area contributed by atoms with Crippen LogP contribution in [0.1, 0.15) is 37.4 Å². The lowest BCUT2D eigenvalue weighted by Crippen LogP contribution is -2.57. The van der Waals surface area contributed by atoms with Crippen LogP contribution in [0.4, 0.5) is 0 Å². The molecule has 0 aromatic carbocycles. The van der Waals surface area contributed by atoms with Crippen LogP contribution in [0.15, 0.2) is 10.4 Å². The van der Waals surface area contributed by atoms with Gasteiger partial charge < -0.3 is 10.2 Å². The molecule has 2 heterocycles. The number of aliphatic imine (C=N–C) groups is 1. The number of guanidine groups is 1. The number of hydrogen-bond acceptors (Lipinski definition) is 5. The van der Waals surface area contributed by atoms with Gasteiger partial charge in [0.05, 0.1) is 15.5 Å². The molecular weight excluding hydrogens is 344 g/mol. The first-order valence-corrected chi connectivity index (χ1v) is 10.9. The molecule has 1 aliphatic heterocycles. The molecule has 1 aliphatic rings. The van der Waals surface area contributed by atoms with Gasteiger partial charge in [-0.15, -0.1) is 11.3 Å². The Labute approximate surface area is 149 Å². The normalized spacial score (nSPS) is 20.2. The highest BCUT2D eigenvalue weighted by atomic mass is 32.2. The van der Waals surface area contributed by atoms with Gasteiger partial charge >= 0.3 is 0 Å². The first-order chi connectivity index (χ1) is 11.2. The molecule has 24 heavy (non-hydrogen) atoms. The van der Waals surface area contributed by atoms with E-state index in [1.165, 1.54) is 5.01 Å². The van der Waals surface area contributed by atoms with E-state index >= 15 is 0 Å². The molecule has 0 amide bonds. The van der Waals surface area contributed by atoms with Crippen molar-refractivity contribution in [2.24, 2.45) is 4.99 Å². The monoisotopic (exact) mass is 372 g/mol. The lowest BCUT2D eigenvalue weighted by molar-refractivity contribution is 0.353. The fourth-order valence-corrected chi connectivity index (χ4v) is 4.96. The molecule has 0 spiro atoms. The highest BCUT2D eigenvalue weighted by Gasteiger charge is 2.40. The largest absolute Gasteiger partial charge is 0.356 e. The Balaban J connectivity index is 1.76. The average molecular weight is 373 g/mol. The van der Waals surface area contributed by atoms with E-state index in [0.29, 0.717) is 13.1 Å². The van der Waals surface area contributed by atoms with E-state index in [-0.39, 0.29) is 5.75 Å². The first-order valence-electron chi connectivity index (χ1n) is 8.34. The highest BCUT2D eigenvalue weighted by Crippen LogP contribution is 2.23. The van der Waals surface area contributed by atoms with Crippen LogP contribution < -0.4 is 5.32 Å². The number of hydrogen-bond donors (Lipinski definition) is 1. The van der Waals surface area contributed by atoms with Crippen molar-refractivity contribution in [3.8, 4) is 0 Å². The van der Waals surface area contributed by atoms with E-state index in [1.807, 2.05) is 11.8 Å². The third-order valence-corrected chi connectivity index (χ3v) is 7.88.